The van der Waals surface area contributed by atoms with Crippen LogP contribution in [0.25, 0.3) is 22.4 Å². The third-order valence-electron chi connectivity index (χ3n) is 6.38. The molecule has 0 saturated heterocycles. The van der Waals surface area contributed by atoms with Crippen LogP contribution in [-0.2, 0) is 4.79 Å². The zero-order valence-corrected chi connectivity index (χ0v) is 20.2. The highest BCUT2D eigenvalue weighted by Crippen LogP contribution is 2.38. The monoisotopic (exact) mass is 471 g/mol. The van der Waals surface area contributed by atoms with E-state index in [4.69, 9.17) is 14.5 Å². The van der Waals surface area contributed by atoms with E-state index in [0.29, 0.717) is 17.3 Å². The largest absolute Gasteiger partial charge is 0.466 e. The maximum atomic E-state index is 13.0. The molecular weight excluding hydrogens is 442 g/mol. The lowest BCUT2D eigenvalue weighted by molar-refractivity contribution is -0.118. The predicted molar refractivity (Wildman–Crippen MR) is 134 cm³/mol. The lowest BCUT2D eigenvalue weighted by atomic mass is 9.88. The second-order valence-electron chi connectivity index (χ2n) is 9.96. The quantitative estimate of drug-likeness (QED) is 0.513. The highest BCUT2D eigenvalue weighted by atomic mass is 16.6. The summed E-state index contributed by atoms with van der Waals surface area (Å²) in [6.07, 6.45) is 2.85. The minimum absolute atomic E-state index is 0.0652. The van der Waals surface area contributed by atoms with Gasteiger partial charge in [0.2, 0.25) is 5.88 Å². The summed E-state index contributed by atoms with van der Waals surface area (Å²) < 4.78 is 11.3. The van der Waals surface area contributed by atoms with Crippen LogP contribution in [-0.4, -0.2) is 40.1 Å². The Morgan fingerprint density at radius 1 is 1.06 bits per heavy atom. The lowest BCUT2D eigenvalue weighted by Gasteiger charge is -2.44. The van der Waals surface area contributed by atoms with E-state index < -0.39 is 0 Å². The van der Waals surface area contributed by atoms with Gasteiger partial charge in [0.1, 0.15) is 11.4 Å². The van der Waals surface area contributed by atoms with Gasteiger partial charge in [0.05, 0.1) is 5.69 Å². The molecule has 0 spiro atoms. The number of rotatable bonds is 4. The summed E-state index contributed by atoms with van der Waals surface area (Å²) >= 11 is 0. The summed E-state index contributed by atoms with van der Waals surface area (Å²) in [5.41, 5.74) is 3.63. The van der Waals surface area contributed by atoms with Crippen LogP contribution in [0.4, 0.5) is 10.5 Å². The van der Waals surface area contributed by atoms with E-state index >= 15 is 0 Å². The summed E-state index contributed by atoms with van der Waals surface area (Å²) in [6.45, 7) is 6.04. The number of hydrogen-bond acceptors (Lipinski definition) is 5. The third-order valence-corrected chi connectivity index (χ3v) is 6.38. The van der Waals surface area contributed by atoms with E-state index in [1.54, 1.807) is 12.1 Å². The molecule has 1 fully saturated rings. The van der Waals surface area contributed by atoms with Crippen molar-refractivity contribution in [1.82, 2.24) is 9.88 Å². The van der Waals surface area contributed by atoms with E-state index in [0.717, 1.165) is 41.6 Å². The molecule has 0 atom stereocenters. The van der Waals surface area contributed by atoms with Gasteiger partial charge < -0.3 is 19.7 Å². The van der Waals surface area contributed by atoms with Crippen molar-refractivity contribution in [2.45, 2.75) is 51.6 Å². The molecule has 2 amide bonds. The number of anilines is 1. The van der Waals surface area contributed by atoms with Crippen molar-refractivity contribution in [2.24, 2.45) is 0 Å². The van der Waals surface area contributed by atoms with Gasteiger partial charge in [-0.25, -0.2) is 9.78 Å². The second-order valence-corrected chi connectivity index (χ2v) is 9.96. The molecule has 1 N–H and O–H groups in total. The number of ether oxygens (including phenoxy) is 2. The molecule has 5 rings (SSSR count). The van der Waals surface area contributed by atoms with Crippen LogP contribution in [0.5, 0.6) is 11.6 Å². The summed E-state index contributed by atoms with van der Waals surface area (Å²) in [6, 6.07) is 19.3. The zero-order chi connectivity index (χ0) is 24.6. The van der Waals surface area contributed by atoms with Gasteiger partial charge in [0.25, 0.3) is 5.91 Å². The standard InChI is InChI=1S/C28H29N3O4/c1-28(2,3)31(20-10-7-11-20)27(33)35-21-14-12-19(13-15-21)25-22(18-8-5-4-6-9-18)16-23-26(30-25)34-17-24(32)29-23/h4-6,8-9,12-16,20H,7,10-11,17H2,1-3H3,(H,29,32). The minimum atomic E-state index is -0.323. The molecule has 1 aliphatic carbocycles. The van der Waals surface area contributed by atoms with Crippen LogP contribution in [0.2, 0.25) is 0 Å². The molecule has 3 aromatic rings. The number of pyridine rings is 1. The summed E-state index contributed by atoms with van der Waals surface area (Å²) in [7, 11) is 0. The fourth-order valence-electron chi connectivity index (χ4n) is 4.52. The van der Waals surface area contributed by atoms with Gasteiger partial charge in [0, 0.05) is 22.7 Å². The number of carbonyl (C=O) groups is 2. The van der Waals surface area contributed by atoms with E-state index in [9.17, 15) is 9.59 Å². The highest BCUT2D eigenvalue weighted by Gasteiger charge is 2.37. The van der Waals surface area contributed by atoms with Gasteiger partial charge in [0.15, 0.2) is 6.61 Å². The van der Waals surface area contributed by atoms with Crippen molar-refractivity contribution < 1.29 is 19.1 Å². The van der Waals surface area contributed by atoms with Gasteiger partial charge in [-0.1, -0.05) is 30.3 Å². The minimum Gasteiger partial charge on any atom is -0.466 e. The number of amides is 2. The summed E-state index contributed by atoms with van der Waals surface area (Å²) in [4.78, 5) is 31.4. The van der Waals surface area contributed by atoms with Crippen LogP contribution in [0.15, 0.2) is 60.7 Å². The topological polar surface area (TPSA) is 80.8 Å². The first-order chi connectivity index (χ1) is 16.8. The molecule has 1 saturated carbocycles. The van der Waals surface area contributed by atoms with E-state index in [1.807, 2.05) is 74.2 Å². The SMILES string of the molecule is CC(C)(C)N(C(=O)Oc1ccc(-c2nc3c(cc2-c2ccccc2)NC(=O)CO3)cc1)C1CCC1. The van der Waals surface area contributed by atoms with Crippen molar-refractivity contribution >= 4 is 17.7 Å². The molecule has 1 aliphatic heterocycles. The Morgan fingerprint density at radius 2 is 1.77 bits per heavy atom. The van der Waals surface area contributed by atoms with Crippen LogP contribution in [0, 0.1) is 0 Å². The number of carbonyl (C=O) groups excluding carboxylic acids is 2. The molecule has 7 nitrogen and oxygen atoms in total. The third kappa shape index (κ3) is 4.71. The Morgan fingerprint density at radius 3 is 2.40 bits per heavy atom. The molecule has 7 heteroatoms. The molecule has 2 aliphatic rings. The molecule has 1 aromatic heterocycles. The average Bonchev–Trinajstić information content (AvgIpc) is 2.80. The lowest BCUT2D eigenvalue weighted by Crippen LogP contribution is -2.55. The first kappa shape index (κ1) is 22.9. The van der Waals surface area contributed by atoms with Crippen molar-refractivity contribution in [3.8, 4) is 34.0 Å². The molecule has 2 aromatic carbocycles. The fraction of sp³-hybridized carbons (Fsp3) is 0.321. The summed E-state index contributed by atoms with van der Waals surface area (Å²) in [5, 5.41) is 2.83. The van der Waals surface area contributed by atoms with E-state index in [-0.39, 0.29) is 30.2 Å². The van der Waals surface area contributed by atoms with E-state index in [2.05, 4.69) is 5.32 Å². The van der Waals surface area contributed by atoms with Gasteiger partial charge in [-0.05, 0) is 75.9 Å². The Bertz CT molecular complexity index is 1250. The van der Waals surface area contributed by atoms with Gasteiger partial charge in [-0.2, -0.15) is 0 Å². The van der Waals surface area contributed by atoms with Gasteiger partial charge in [-0.15, -0.1) is 0 Å². The number of nitrogens with zero attached hydrogens (tertiary/aromatic N) is 2. The molecule has 2 heterocycles. The molecule has 35 heavy (non-hydrogen) atoms. The zero-order valence-electron chi connectivity index (χ0n) is 20.2. The van der Waals surface area contributed by atoms with E-state index in [1.165, 1.54) is 0 Å². The van der Waals surface area contributed by atoms with Crippen molar-refractivity contribution in [3.63, 3.8) is 0 Å². The van der Waals surface area contributed by atoms with Gasteiger partial charge in [-0.3, -0.25) is 4.79 Å². The molecule has 0 radical (unpaired) electrons. The van der Waals surface area contributed by atoms with Crippen molar-refractivity contribution in [3.05, 3.63) is 60.7 Å². The van der Waals surface area contributed by atoms with Crippen molar-refractivity contribution in [2.75, 3.05) is 11.9 Å². The van der Waals surface area contributed by atoms with Crippen LogP contribution >= 0.6 is 0 Å². The first-order valence-electron chi connectivity index (χ1n) is 11.9. The van der Waals surface area contributed by atoms with Crippen LogP contribution in [0.1, 0.15) is 40.0 Å². The maximum Gasteiger partial charge on any atom is 0.415 e. The Hall–Kier alpha value is -3.87. The Labute approximate surface area is 205 Å². The van der Waals surface area contributed by atoms with Crippen molar-refractivity contribution in [1.29, 1.82) is 0 Å². The summed E-state index contributed by atoms with van der Waals surface area (Å²) in [5.74, 6) is 0.662. The first-order valence-corrected chi connectivity index (χ1v) is 11.9. The maximum absolute atomic E-state index is 13.0. The van der Waals surface area contributed by atoms with Crippen LogP contribution in [0.3, 0.4) is 0 Å². The Balaban J connectivity index is 1.45. The number of aromatic nitrogens is 1. The number of fused-ring (bicyclic) bond motifs is 1. The molecule has 180 valence electrons. The number of nitrogens with one attached hydrogen (secondary N) is 1. The molecule has 0 unspecified atom stereocenters. The van der Waals surface area contributed by atoms with Crippen LogP contribution < -0.4 is 14.8 Å². The fourth-order valence-corrected chi connectivity index (χ4v) is 4.52. The highest BCUT2D eigenvalue weighted by molar-refractivity contribution is 5.97. The normalized spacial score (nSPS) is 15.3. The predicted octanol–water partition coefficient (Wildman–Crippen LogP) is 5.90. The smallest absolute Gasteiger partial charge is 0.415 e. The molecule has 0 bridgehead atoms. The Kier molecular flexibility index (Phi) is 5.93. The molecular formula is C28H29N3O4. The average molecular weight is 472 g/mol. The number of hydrogen-bond donors (Lipinski definition) is 1. The van der Waals surface area contributed by atoms with Gasteiger partial charge >= 0.3 is 6.09 Å². The second kappa shape index (κ2) is 9.06. The number of benzene rings is 2.